The van der Waals surface area contributed by atoms with E-state index < -0.39 is 6.10 Å². The Hall–Kier alpha value is -1.35. The van der Waals surface area contributed by atoms with Crippen molar-refractivity contribution in [3.63, 3.8) is 0 Å². The van der Waals surface area contributed by atoms with Gasteiger partial charge in [0, 0.05) is 13.0 Å². The molecule has 1 aromatic carbocycles. The van der Waals surface area contributed by atoms with Crippen molar-refractivity contribution in [3.8, 4) is 5.75 Å². The maximum absolute atomic E-state index is 11.9. The predicted octanol–water partition coefficient (Wildman–Crippen LogP) is 3.46. The minimum absolute atomic E-state index is 0.0768. The molecule has 0 fully saturated rings. The average Bonchev–Trinajstić information content (AvgIpc) is 2.35. The molecule has 1 atom stereocenters. The zero-order valence-electron chi connectivity index (χ0n) is 11.6. The van der Waals surface area contributed by atoms with E-state index in [0.717, 1.165) is 23.1 Å². The molecule has 3 heteroatoms. The summed E-state index contributed by atoms with van der Waals surface area (Å²) in [6.45, 7) is 8.08. The van der Waals surface area contributed by atoms with Gasteiger partial charge in [0.1, 0.15) is 11.9 Å². The van der Waals surface area contributed by atoms with Crippen LogP contribution in [0.3, 0.4) is 0 Å². The van der Waals surface area contributed by atoms with Gasteiger partial charge in [-0.15, -0.1) is 0 Å². The topological polar surface area (TPSA) is 46.5 Å². The van der Waals surface area contributed by atoms with Crippen molar-refractivity contribution in [2.45, 2.75) is 46.6 Å². The van der Waals surface area contributed by atoms with Crippen LogP contribution in [0.15, 0.2) is 12.1 Å². The summed E-state index contributed by atoms with van der Waals surface area (Å²) in [6, 6.07) is 3.66. The van der Waals surface area contributed by atoms with E-state index in [2.05, 4.69) is 0 Å². The number of carbonyl (C=O) groups excluding carboxylic acids is 1. The lowest BCUT2D eigenvalue weighted by Crippen LogP contribution is -2.16. The van der Waals surface area contributed by atoms with Gasteiger partial charge >= 0.3 is 0 Å². The largest absolute Gasteiger partial charge is 0.507 e. The summed E-state index contributed by atoms with van der Waals surface area (Å²) < 4.78 is 5.65. The van der Waals surface area contributed by atoms with Crippen LogP contribution in [0.2, 0.25) is 0 Å². The Morgan fingerprint density at radius 3 is 2.28 bits per heavy atom. The number of aromatic hydroxyl groups is 1. The molecule has 0 saturated carbocycles. The van der Waals surface area contributed by atoms with E-state index in [-0.39, 0.29) is 11.5 Å². The molecule has 0 aliphatic carbocycles. The van der Waals surface area contributed by atoms with Crippen LogP contribution in [0.25, 0.3) is 0 Å². The standard InChI is InChI=1S/C15H22O3/c1-5-7-18-15(13(16)6-2)12-8-10(3)14(17)11(4)9-12/h8-9,15,17H,5-7H2,1-4H3. The smallest absolute Gasteiger partial charge is 0.165 e. The van der Waals surface area contributed by atoms with Crippen molar-refractivity contribution < 1.29 is 14.6 Å². The van der Waals surface area contributed by atoms with E-state index in [9.17, 15) is 9.90 Å². The highest BCUT2D eigenvalue weighted by Crippen LogP contribution is 2.28. The highest BCUT2D eigenvalue weighted by Gasteiger charge is 2.20. The lowest BCUT2D eigenvalue weighted by molar-refractivity contribution is -0.130. The van der Waals surface area contributed by atoms with Crippen molar-refractivity contribution in [2.24, 2.45) is 0 Å². The summed E-state index contributed by atoms with van der Waals surface area (Å²) in [5.41, 5.74) is 2.39. The summed E-state index contributed by atoms with van der Waals surface area (Å²) in [7, 11) is 0. The number of ether oxygens (including phenoxy) is 1. The summed E-state index contributed by atoms with van der Waals surface area (Å²) in [5.74, 6) is 0.366. The second-order valence-electron chi connectivity index (χ2n) is 4.57. The third-order valence-corrected chi connectivity index (χ3v) is 2.95. The molecule has 0 aromatic heterocycles. The van der Waals surface area contributed by atoms with E-state index in [1.165, 1.54) is 0 Å². The summed E-state index contributed by atoms with van der Waals surface area (Å²) in [5, 5.41) is 9.76. The first kappa shape index (κ1) is 14.7. The molecule has 3 nitrogen and oxygen atoms in total. The summed E-state index contributed by atoms with van der Waals surface area (Å²) >= 11 is 0. The fraction of sp³-hybridized carbons (Fsp3) is 0.533. The van der Waals surface area contributed by atoms with E-state index in [1.807, 2.05) is 39.8 Å². The van der Waals surface area contributed by atoms with E-state index in [0.29, 0.717) is 13.0 Å². The fourth-order valence-corrected chi connectivity index (χ4v) is 1.94. The number of hydrogen-bond acceptors (Lipinski definition) is 3. The van der Waals surface area contributed by atoms with Crippen LogP contribution in [0.4, 0.5) is 0 Å². The van der Waals surface area contributed by atoms with Crippen molar-refractivity contribution in [1.29, 1.82) is 0 Å². The lowest BCUT2D eigenvalue weighted by atomic mass is 9.98. The van der Waals surface area contributed by atoms with Crippen LogP contribution >= 0.6 is 0 Å². The Morgan fingerprint density at radius 1 is 1.28 bits per heavy atom. The normalized spacial score (nSPS) is 12.4. The van der Waals surface area contributed by atoms with Gasteiger partial charge in [0.05, 0.1) is 0 Å². The first-order valence-corrected chi connectivity index (χ1v) is 6.45. The minimum Gasteiger partial charge on any atom is -0.507 e. The van der Waals surface area contributed by atoms with E-state index in [4.69, 9.17) is 4.74 Å². The monoisotopic (exact) mass is 250 g/mol. The van der Waals surface area contributed by atoms with Gasteiger partial charge in [0.25, 0.3) is 0 Å². The molecule has 0 spiro atoms. The van der Waals surface area contributed by atoms with Crippen molar-refractivity contribution >= 4 is 5.78 Å². The second kappa shape index (κ2) is 6.55. The number of Topliss-reactive ketones (excluding diaryl/α,β-unsaturated/α-hetero) is 1. The van der Waals surface area contributed by atoms with Crippen LogP contribution in [0, 0.1) is 13.8 Å². The van der Waals surface area contributed by atoms with E-state index >= 15 is 0 Å². The molecule has 100 valence electrons. The minimum atomic E-state index is -0.507. The van der Waals surface area contributed by atoms with Gasteiger partial charge < -0.3 is 9.84 Å². The Kier molecular flexibility index (Phi) is 5.35. The molecule has 0 saturated heterocycles. The number of benzene rings is 1. The molecule has 0 bridgehead atoms. The van der Waals surface area contributed by atoms with Crippen LogP contribution < -0.4 is 0 Å². The molecular weight excluding hydrogens is 228 g/mol. The highest BCUT2D eigenvalue weighted by molar-refractivity contribution is 5.84. The van der Waals surface area contributed by atoms with Crippen molar-refractivity contribution in [2.75, 3.05) is 6.61 Å². The molecule has 1 unspecified atom stereocenters. The number of rotatable bonds is 6. The molecule has 0 aliphatic heterocycles. The Morgan fingerprint density at radius 2 is 1.83 bits per heavy atom. The van der Waals surface area contributed by atoms with Gasteiger partial charge in [-0.05, 0) is 49.1 Å². The van der Waals surface area contributed by atoms with Crippen molar-refractivity contribution in [1.82, 2.24) is 0 Å². The van der Waals surface area contributed by atoms with Gasteiger partial charge in [-0.25, -0.2) is 0 Å². The summed E-state index contributed by atoms with van der Waals surface area (Å²) in [6.07, 6.45) is 0.824. The molecular formula is C15H22O3. The molecule has 18 heavy (non-hydrogen) atoms. The third-order valence-electron chi connectivity index (χ3n) is 2.95. The number of phenolic OH excluding ortho intramolecular Hbond substituents is 1. The van der Waals surface area contributed by atoms with Gasteiger partial charge in [-0.2, -0.15) is 0 Å². The molecule has 0 aliphatic rings. The molecule has 0 radical (unpaired) electrons. The molecule has 1 N–H and O–H groups in total. The van der Waals surface area contributed by atoms with E-state index in [1.54, 1.807) is 0 Å². The fourth-order valence-electron chi connectivity index (χ4n) is 1.94. The second-order valence-corrected chi connectivity index (χ2v) is 4.57. The molecule has 1 rings (SSSR count). The van der Waals surface area contributed by atoms with Gasteiger partial charge in [-0.1, -0.05) is 13.8 Å². The number of hydrogen-bond donors (Lipinski definition) is 1. The van der Waals surface area contributed by atoms with Crippen molar-refractivity contribution in [3.05, 3.63) is 28.8 Å². The number of aryl methyl sites for hydroxylation is 2. The molecule has 0 amide bonds. The number of carbonyl (C=O) groups is 1. The Balaban J connectivity index is 3.08. The maximum Gasteiger partial charge on any atom is 0.165 e. The Bertz CT molecular complexity index is 401. The Labute approximate surface area is 109 Å². The van der Waals surface area contributed by atoms with Gasteiger partial charge in [0.2, 0.25) is 0 Å². The quantitative estimate of drug-likeness (QED) is 0.841. The summed E-state index contributed by atoms with van der Waals surface area (Å²) in [4.78, 5) is 11.9. The van der Waals surface area contributed by atoms with Crippen LogP contribution in [0.5, 0.6) is 5.75 Å². The lowest BCUT2D eigenvalue weighted by Gasteiger charge is -2.18. The molecule has 1 aromatic rings. The average molecular weight is 250 g/mol. The van der Waals surface area contributed by atoms with Crippen LogP contribution in [-0.2, 0) is 9.53 Å². The van der Waals surface area contributed by atoms with Crippen LogP contribution in [0.1, 0.15) is 49.5 Å². The molecule has 0 heterocycles. The number of ketones is 1. The van der Waals surface area contributed by atoms with Gasteiger partial charge in [-0.3, -0.25) is 4.79 Å². The third kappa shape index (κ3) is 3.33. The maximum atomic E-state index is 11.9. The zero-order valence-corrected chi connectivity index (χ0v) is 11.6. The predicted molar refractivity (Wildman–Crippen MR) is 71.9 cm³/mol. The SMILES string of the molecule is CCCOC(C(=O)CC)c1cc(C)c(O)c(C)c1. The number of phenols is 1. The first-order chi connectivity index (χ1) is 8.51. The first-order valence-electron chi connectivity index (χ1n) is 6.45. The zero-order chi connectivity index (χ0) is 13.7. The van der Waals surface area contributed by atoms with Crippen LogP contribution in [-0.4, -0.2) is 17.5 Å². The highest BCUT2D eigenvalue weighted by atomic mass is 16.5. The van der Waals surface area contributed by atoms with Gasteiger partial charge in [0.15, 0.2) is 5.78 Å².